The zero-order valence-electron chi connectivity index (χ0n) is 18.5. The van der Waals surface area contributed by atoms with E-state index in [9.17, 15) is 19.2 Å². The molecule has 8 nitrogen and oxygen atoms in total. The van der Waals surface area contributed by atoms with Crippen molar-refractivity contribution in [1.82, 2.24) is 0 Å². The maximum atomic E-state index is 13.0. The van der Waals surface area contributed by atoms with Crippen molar-refractivity contribution in [1.29, 1.82) is 0 Å². The molecule has 0 unspecified atom stereocenters. The summed E-state index contributed by atoms with van der Waals surface area (Å²) in [6.45, 7) is 0. The van der Waals surface area contributed by atoms with Crippen molar-refractivity contribution in [2.45, 2.75) is 0 Å². The van der Waals surface area contributed by atoms with Gasteiger partial charge in [-0.3, -0.25) is 14.4 Å². The van der Waals surface area contributed by atoms with Crippen molar-refractivity contribution in [2.24, 2.45) is 0 Å². The van der Waals surface area contributed by atoms with Crippen LogP contribution in [0.5, 0.6) is 0 Å². The van der Waals surface area contributed by atoms with Crippen molar-refractivity contribution >= 4 is 75.6 Å². The monoisotopic (exact) mass is 543 g/mol. The van der Waals surface area contributed by atoms with E-state index < -0.39 is 23.7 Å². The first kappa shape index (κ1) is 25.2. The van der Waals surface area contributed by atoms with Crippen LogP contribution in [0.25, 0.3) is 0 Å². The fraction of sp³-hybridized carbons (Fsp3) is 0.0400. The van der Waals surface area contributed by atoms with Gasteiger partial charge >= 0.3 is 5.97 Å². The molecule has 1 aliphatic heterocycles. The molecule has 0 aromatic heterocycles. The molecule has 0 saturated heterocycles. The standard InChI is InChI=1S/C25H16Cl3N3O5/c1-36-25(35)13-8-10-16(11-9-13)31-23(33)20(28)21(24(31)34)29-15-5-2-4-14(12-15)22(32)30-18-7-3-6-17(26)19(18)27/h2-12,29H,1H3,(H,30,32). The summed E-state index contributed by atoms with van der Waals surface area (Å²) in [4.78, 5) is 51.0. The van der Waals surface area contributed by atoms with Crippen molar-refractivity contribution in [3.05, 3.63) is 98.6 Å². The molecule has 0 saturated carbocycles. The van der Waals surface area contributed by atoms with E-state index in [-0.39, 0.29) is 32.6 Å². The lowest BCUT2D eigenvalue weighted by atomic mass is 10.1. The second kappa shape index (κ2) is 10.4. The number of esters is 1. The number of nitrogens with one attached hydrogen (secondary N) is 2. The highest BCUT2D eigenvalue weighted by Gasteiger charge is 2.39. The Balaban J connectivity index is 1.53. The van der Waals surface area contributed by atoms with E-state index in [1.807, 2.05) is 0 Å². The molecule has 0 atom stereocenters. The van der Waals surface area contributed by atoms with Gasteiger partial charge in [0.25, 0.3) is 17.7 Å². The zero-order valence-corrected chi connectivity index (χ0v) is 20.7. The molecule has 1 heterocycles. The highest BCUT2D eigenvalue weighted by Crippen LogP contribution is 2.32. The number of ether oxygens (including phenoxy) is 1. The minimum atomic E-state index is -0.737. The Bertz CT molecular complexity index is 1440. The molecule has 0 aliphatic carbocycles. The highest BCUT2D eigenvalue weighted by molar-refractivity contribution is 6.53. The first-order valence-electron chi connectivity index (χ1n) is 10.3. The maximum absolute atomic E-state index is 13.0. The number of halogens is 3. The summed E-state index contributed by atoms with van der Waals surface area (Å²) >= 11 is 18.3. The predicted molar refractivity (Wildman–Crippen MR) is 138 cm³/mol. The van der Waals surface area contributed by atoms with Crippen LogP contribution in [0.2, 0.25) is 10.0 Å². The van der Waals surface area contributed by atoms with E-state index >= 15 is 0 Å². The Hall–Kier alpha value is -3.85. The van der Waals surface area contributed by atoms with Gasteiger partial charge in [-0.2, -0.15) is 0 Å². The number of hydrogen-bond acceptors (Lipinski definition) is 6. The predicted octanol–water partition coefficient (Wildman–Crippen LogP) is 5.47. The summed E-state index contributed by atoms with van der Waals surface area (Å²) in [6, 6.07) is 16.8. The minimum absolute atomic E-state index is 0.158. The number of amides is 3. The van der Waals surface area contributed by atoms with Gasteiger partial charge in [0.2, 0.25) is 0 Å². The molecule has 0 fully saturated rings. The molecule has 0 radical (unpaired) electrons. The van der Waals surface area contributed by atoms with Gasteiger partial charge in [0.1, 0.15) is 10.7 Å². The van der Waals surface area contributed by atoms with Crippen LogP contribution in [0.15, 0.2) is 77.5 Å². The van der Waals surface area contributed by atoms with Crippen LogP contribution in [0.3, 0.4) is 0 Å². The number of carbonyl (C=O) groups excluding carboxylic acids is 4. The third-order valence-corrected chi connectivity index (χ3v) is 6.34. The zero-order chi connectivity index (χ0) is 26.0. The Morgan fingerprint density at radius 3 is 2.25 bits per heavy atom. The van der Waals surface area contributed by atoms with Gasteiger partial charge in [0.15, 0.2) is 0 Å². The molecule has 182 valence electrons. The SMILES string of the molecule is COC(=O)c1ccc(N2C(=O)C(Cl)=C(Nc3cccc(C(=O)Nc4cccc(Cl)c4Cl)c3)C2=O)cc1. The summed E-state index contributed by atoms with van der Waals surface area (Å²) in [5.41, 5.74) is 1.25. The highest BCUT2D eigenvalue weighted by atomic mass is 35.5. The third-order valence-electron chi connectivity index (χ3n) is 5.17. The second-order valence-electron chi connectivity index (χ2n) is 7.43. The molecule has 36 heavy (non-hydrogen) atoms. The fourth-order valence-corrected chi connectivity index (χ4v) is 3.95. The number of hydrogen-bond donors (Lipinski definition) is 2. The first-order valence-corrected chi connectivity index (χ1v) is 11.4. The van der Waals surface area contributed by atoms with Crippen LogP contribution in [-0.4, -0.2) is 30.8 Å². The van der Waals surface area contributed by atoms with Gasteiger partial charge in [-0.1, -0.05) is 46.9 Å². The summed E-state index contributed by atoms with van der Waals surface area (Å²) in [5, 5.41) is 5.67. The summed E-state index contributed by atoms with van der Waals surface area (Å²) in [5.74, 6) is -2.46. The molecule has 4 rings (SSSR count). The molecule has 3 aromatic carbocycles. The lowest BCUT2D eigenvalue weighted by Gasteiger charge is -2.15. The molecule has 2 N–H and O–H groups in total. The Kier molecular flexibility index (Phi) is 7.30. The van der Waals surface area contributed by atoms with E-state index in [4.69, 9.17) is 34.8 Å². The number of anilines is 3. The van der Waals surface area contributed by atoms with E-state index in [2.05, 4.69) is 15.4 Å². The molecular formula is C25H16Cl3N3O5. The molecule has 3 aromatic rings. The first-order chi connectivity index (χ1) is 17.2. The summed E-state index contributed by atoms with van der Waals surface area (Å²) < 4.78 is 4.65. The largest absolute Gasteiger partial charge is 0.465 e. The van der Waals surface area contributed by atoms with Crippen LogP contribution < -0.4 is 15.5 Å². The summed E-state index contributed by atoms with van der Waals surface area (Å²) in [6.07, 6.45) is 0. The smallest absolute Gasteiger partial charge is 0.337 e. The van der Waals surface area contributed by atoms with Crippen molar-refractivity contribution in [3.63, 3.8) is 0 Å². The Morgan fingerprint density at radius 2 is 1.56 bits per heavy atom. The van der Waals surface area contributed by atoms with Gasteiger partial charge in [-0.05, 0) is 54.6 Å². The number of rotatable bonds is 6. The second-order valence-corrected chi connectivity index (χ2v) is 8.60. The van der Waals surface area contributed by atoms with E-state index in [1.165, 1.54) is 37.4 Å². The topological polar surface area (TPSA) is 105 Å². The van der Waals surface area contributed by atoms with Crippen molar-refractivity contribution in [3.8, 4) is 0 Å². The van der Waals surface area contributed by atoms with E-state index in [0.717, 1.165) is 4.90 Å². The average Bonchev–Trinajstić information content (AvgIpc) is 3.09. The van der Waals surface area contributed by atoms with E-state index in [0.29, 0.717) is 16.4 Å². The fourth-order valence-electron chi connectivity index (χ4n) is 3.39. The lowest BCUT2D eigenvalue weighted by molar-refractivity contribution is -0.120. The van der Waals surface area contributed by atoms with E-state index in [1.54, 1.807) is 36.4 Å². The minimum Gasteiger partial charge on any atom is -0.465 e. The molecule has 0 bridgehead atoms. The van der Waals surface area contributed by atoms with Crippen LogP contribution in [0.1, 0.15) is 20.7 Å². The van der Waals surface area contributed by atoms with Gasteiger partial charge in [-0.15, -0.1) is 0 Å². The molecular weight excluding hydrogens is 529 g/mol. The van der Waals surface area contributed by atoms with Crippen LogP contribution in [0, 0.1) is 0 Å². The van der Waals surface area contributed by atoms with Crippen LogP contribution >= 0.6 is 34.8 Å². The number of nitrogens with zero attached hydrogens (tertiary/aromatic N) is 1. The summed E-state index contributed by atoms with van der Waals surface area (Å²) in [7, 11) is 1.25. The Morgan fingerprint density at radius 1 is 0.861 bits per heavy atom. The molecule has 3 amide bonds. The normalized spacial score (nSPS) is 13.2. The van der Waals surface area contributed by atoms with Crippen LogP contribution in [-0.2, 0) is 14.3 Å². The third kappa shape index (κ3) is 4.92. The van der Waals surface area contributed by atoms with Crippen molar-refractivity contribution in [2.75, 3.05) is 22.6 Å². The number of imide groups is 1. The van der Waals surface area contributed by atoms with Gasteiger partial charge in [-0.25, -0.2) is 9.69 Å². The quantitative estimate of drug-likeness (QED) is 0.315. The van der Waals surface area contributed by atoms with Gasteiger partial charge in [0.05, 0.1) is 34.1 Å². The number of methoxy groups -OCH3 is 1. The van der Waals surface area contributed by atoms with Crippen LogP contribution in [0.4, 0.5) is 17.1 Å². The average molecular weight is 545 g/mol. The lowest BCUT2D eigenvalue weighted by Crippen LogP contribution is -2.32. The van der Waals surface area contributed by atoms with Crippen molar-refractivity contribution < 1.29 is 23.9 Å². The molecule has 1 aliphatic rings. The Labute approximate surface area is 220 Å². The number of benzene rings is 3. The molecule has 0 spiro atoms. The number of carbonyl (C=O) groups is 4. The van der Waals surface area contributed by atoms with Gasteiger partial charge in [0, 0.05) is 11.3 Å². The molecule has 11 heteroatoms. The maximum Gasteiger partial charge on any atom is 0.337 e. The van der Waals surface area contributed by atoms with Gasteiger partial charge < -0.3 is 15.4 Å².